The van der Waals surface area contributed by atoms with Crippen LogP contribution in [0, 0.1) is 22.9 Å². The maximum Gasteiger partial charge on any atom is 0.241 e. The quantitative estimate of drug-likeness (QED) is 0.802. The molecule has 0 spiro atoms. The lowest BCUT2D eigenvalue weighted by Gasteiger charge is -2.25. The third-order valence-electron chi connectivity index (χ3n) is 2.51. The van der Waals surface area contributed by atoms with Gasteiger partial charge < -0.3 is 11.1 Å². The summed E-state index contributed by atoms with van der Waals surface area (Å²) in [5.74, 6) is -5.04. The molecular weight excluding hydrogens is 245 g/mol. The molecule has 1 aromatic carbocycles. The Balaban J connectivity index is 2.93. The highest BCUT2D eigenvalue weighted by atomic mass is 19.2. The summed E-state index contributed by atoms with van der Waals surface area (Å²) in [5.41, 5.74) is 4.70. The summed E-state index contributed by atoms with van der Waals surface area (Å²) in [6, 6.07) is 0.780. The van der Waals surface area contributed by atoms with Crippen LogP contribution < -0.4 is 11.1 Å². The Kier molecular flexibility index (Phi) is 4.01. The number of anilines is 1. The zero-order valence-electron chi connectivity index (χ0n) is 10.4. The molecule has 0 saturated heterocycles. The number of halogens is 3. The minimum atomic E-state index is -1.63. The molecule has 0 aliphatic heterocycles. The first kappa shape index (κ1) is 14.5. The number of nitrogens with two attached hydrogens (primary N) is 1. The van der Waals surface area contributed by atoms with Crippen molar-refractivity contribution < 1.29 is 18.0 Å². The summed E-state index contributed by atoms with van der Waals surface area (Å²) < 4.78 is 38.9. The molecule has 0 radical (unpaired) electrons. The molecule has 18 heavy (non-hydrogen) atoms. The van der Waals surface area contributed by atoms with Gasteiger partial charge in [-0.15, -0.1) is 0 Å². The molecule has 0 aliphatic carbocycles. The van der Waals surface area contributed by atoms with Gasteiger partial charge in [0.1, 0.15) is 0 Å². The van der Waals surface area contributed by atoms with Crippen LogP contribution in [0.5, 0.6) is 0 Å². The van der Waals surface area contributed by atoms with Crippen molar-refractivity contribution in [3.05, 3.63) is 29.6 Å². The highest BCUT2D eigenvalue weighted by Gasteiger charge is 2.28. The van der Waals surface area contributed by atoms with Crippen LogP contribution in [0.25, 0.3) is 0 Å². The van der Waals surface area contributed by atoms with E-state index in [-0.39, 0.29) is 0 Å². The van der Waals surface area contributed by atoms with E-state index in [4.69, 9.17) is 5.73 Å². The summed E-state index contributed by atoms with van der Waals surface area (Å²) in [6.07, 6.45) is 0. The van der Waals surface area contributed by atoms with E-state index in [1.165, 1.54) is 0 Å². The Bertz CT molecular complexity index is 469. The Morgan fingerprint density at radius 1 is 1.22 bits per heavy atom. The topological polar surface area (TPSA) is 55.1 Å². The molecule has 0 bridgehead atoms. The summed E-state index contributed by atoms with van der Waals surface area (Å²) in [5, 5.41) is 2.14. The van der Waals surface area contributed by atoms with Crippen molar-refractivity contribution in [3.63, 3.8) is 0 Å². The van der Waals surface area contributed by atoms with Crippen molar-refractivity contribution in [3.8, 4) is 0 Å². The molecule has 6 heteroatoms. The summed E-state index contributed by atoms with van der Waals surface area (Å²) in [7, 11) is 0. The first-order valence-corrected chi connectivity index (χ1v) is 5.34. The van der Waals surface area contributed by atoms with Gasteiger partial charge in [-0.3, -0.25) is 4.79 Å². The van der Waals surface area contributed by atoms with E-state index in [0.29, 0.717) is 0 Å². The average molecular weight is 260 g/mol. The molecule has 1 atom stereocenters. The molecule has 3 nitrogen and oxygen atoms in total. The monoisotopic (exact) mass is 260 g/mol. The second-order valence-corrected chi connectivity index (χ2v) is 5.06. The minimum absolute atomic E-state index is 0.432. The number of rotatable bonds is 2. The third-order valence-corrected chi connectivity index (χ3v) is 2.51. The number of nitrogens with one attached hydrogen (secondary N) is 1. The van der Waals surface area contributed by atoms with Gasteiger partial charge in [0.15, 0.2) is 17.5 Å². The summed E-state index contributed by atoms with van der Waals surface area (Å²) in [6.45, 7) is 5.20. The van der Waals surface area contributed by atoms with Gasteiger partial charge >= 0.3 is 0 Å². The molecule has 0 aromatic heterocycles. The lowest BCUT2D eigenvalue weighted by molar-refractivity contribution is -0.119. The fraction of sp³-hybridized carbons (Fsp3) is 0.417. The van der Waals surface area contributed by atoms with Gasteiger partial charge in [0.05, 0.1) is 11.7 Å². The summed E-state index contributed by atoms with van der Waals surface area (Å²) >= 11 is 0. The van der Waals surface area contributed by atoms with Crippen LogP contribution in [0.1, 0.15) is 20.8 Å². The molecule has 1 aromatic rings. The number of amides is 1. The predicted molar refractivity (Wildman–Crippen MR) is 62.4 cm³/mol. The first-order valence-electron chi connectivity index (χ1n) is 5.34. The van der Waals surface area contributed by atoms with Gasteiger partial charge in [-0.25, -0.2) is 13.2 Å². The lowest BCUT2D eigenvalue weighted by Crippen LogP contribution is -2.45. The highest BCUT2D eigenvalue weighted by molar-refractivity contribution is 5.95. The van der Waals surface area contributed by atoms with Gasteiger partial charge in [-0.2, -0.15) is 0 Å². The maximum atomic E-state index is 13.3. The second-order valence-electron chi connectivity index (χ2n) is 5.06. The number of benzene rings is 1. The zero-order chi connectivity index (χ0) is 14.1. The molecule has 1 unspecified atom stereocenters. The van der Waals surface area contributed by atoms with Crippen molar-refractivity contribution in [2.24, 2.45) is 11.1 Å². The fourth-order valence-electron chi connectivity index (χ4n) is 1.23. The van der Waals surface area contributed by atoms with E-state index < -0.39 is 40.5 Å². The number of hydrogen-bond donors (Lipinski definition) is 2. The van der Waals surface area contributed by atoms with Crippen molar-refractivity contribution in [1.29, 1.82) is 0 Å². The van der Waals surface area contributed by atoms with E-state index in [1.54, 1.807) is 20.8 Å². The first-order chi connectivity index (χ1) is 8.14. The Morgan fingerprint density at radius 2 is 1.78 bits per heavy atom. The van der Waals surface area contributed by atoms with Crippen LogP contribution >= 0.6 is 0 Å². The van der Waals surface area contributed by atoms with Gasteiger partial charge in [0.2, 0.25) is 5.91 Å². The number of carbonyl (C=O) groups is 1. The zero-order valence-corrected chi connectivity index (χ0v) is 10.4. The van der Waals surface area contributed by atoms with Gasteiger partial charge in [0.25, 0.3) is 0 Å². The largest absolute Gasteiger partial charge is 0.322 e. The van der Waals surface area contributed by atoms with Gasteiger partial charge in [0, 0.05) is 0 Å². The van der Waals surface area contributed by atoms with Crippen LogP contribution in [0.3, 0.4) is 0 Å². The molecule has 3 N–H and O–H groups in total. The van der Waals surface area contributed by atoms with Crippen molar-refractivity contribution >= 4 is 11.6 Å². The summed E-state index contributed by atoms with van der Waals surface area (Å²) in [4.78, 5) is 11.7. The van der Waals surface area contributed by atoms with Gasteiger partial charge in [-0.1, -0.05) is 20.8 Å². The van der Waals surface area contributed by atoms with E-state index in [9.17, 15) is 18.0 Å². The molecular formula is C12H15F3N2O. The maximum absolute atomic E-state index is 13.3. The van der Waals surface area contributed by atoms with Crippen LogP contribution in [0.4, 0.5) is 18.9 Å². The molecule has 1 amide bonds. The Labute approximate surface area is 103 Å². The smallest absolute Gasteiger partial charge is 0.241 e. The van der Waals surface area contributed by atoms with Crippen molar-refractivity contribution in [1.82, 2.24) is 0 Å². The van der Waals surface area contributed by atoms with Crippen LogP contribution in [0.15, 0.2) is 12.1 Å². The van der Waals surface area contributed by atoms with Crippen LogP contribution in [-0.4, -0.2) is 11.9 Å². The molecule has 100 valence electrons. The normalized spacial score (nSPS) is 13.3. The van der Waals surface area contributed by atoms with E-state index in [1.807, 2.05) is 0 Å². The molecule has 1 rings (SSSR count). The fourth-order valence-corrected chi connectivity index (χ4v) is 1.23. The van der Waals surface area contributed by atoms with Crippen molar-refractivity contribution in [2.45, 2.75) is 26.8 Å². The van der Waals surface area contributed by atoms with E-state index in [0.717, 1.165) is 12.1 Å². The van der Waals surface area contributed by atoms with E-state index in [2.05, 4.69) is 5.32 Å². The SMILES string of the molecule is CC(C)(C)C(N)C(=O)Nc1ccc(F)c(F)c1F. The standard InChI is InChI=1S/C12H15F3N2O/c1-12(2,3)10(16)11(18)17-7-5-4-6(13)8(14)9(7)15/h4-5,10H,16H2,1-3H3,(H,17,18). The molecule has 0 aliphatic rings. The van der Waals surface area contributed by atoms with Crippen molar-refractivity contribution in [2.75, 3.05) is 5.32 Å². The second kappa shape index (κ2) is 4.97. The molecule has 0 fully saturated rings. The third kappa shape index (κ3) is 3.01. The number of hydrogen-bond acceptors (Lipinski definition) is 2. The van der Waals surface area contributed by atoms with Crippen LogP contribution in [0.2, 0.25) is 0 Å². The molecule has 0 heterocycles. The number of carbonyl (C=O) groups excluding carboxylic acids is 1. The van der Waals surface area contributed by atoms with Gasteiger partial charge in [-0.05, 0) is 17.5 Å². The lowest BCUT2D eigenvalue weighted by atomic mass is 9.87. The molecule has 0 saturated carbocycles. The average Bonchev–Trinajstić information content (AvgIpc) is 2.27. The highest BCUT2D eigenvalue weighted by Crippen LogP contribution is 2.22. The predicted octanol–water partition coefficient (Wildman–Crippen LogP) is 2.42. The minimum Gasteiger partial charge on any atom is -0.322 e. The van der Waals surface area contributed by atoms with Crippen LogP contribution in [-0.2, 0) is 4.79 Å². The Morgan fingerprint density at radius 3 is 2.28 bits per heavy atom. The Hall–Kier alpha value is -1.56. The van der Waals surface area contributed by atoms with E-state index >= 15 is 0 Å².